The molecule has 0 saturated carbocycles. The van der Waals surface area contributed by atoms with Gasteiger partial charge < -0.3 is 0 Å². The average molecular weight is 198 g/mol. The molecule has 0 amide bonds. The van der Waals surface area contributed by atoms with Gasteiger partial charge in [-0.3, -0.25) is 4.98 Å². The molecule has 1 nitrogen and oxygen atoms in total. The highest BCUT2D eigenvalue weighted by Gasteiger charge is 2.22. The van der Waals surface area contributed by atoms with Gasteiger partial charge in [0, 0.05) is 17.8 Å². The van der Waals surface area contributed by atoms with Crippen LogP contribution in [0.1, 0.15) is 39.3 Å². The summed E-state index contributed by atoms with van der Waals surface area (Å²) in [7, 11) is 0. The molecule has 0 saturated heterocycles. The van der Waals surface area contributed by atoms with Crippen molar-refractivity contribution in [3.8, 4) is 0 Å². The first kappa shape index (κ1) is 10.5. The molecule has 1 aromatic heterocycles. The predicted octanol–water partition coefficient (Wildman–Crippen LogP) is 3.88. The molecule has 0 radical (unpaired) electrons. The lowest BCUT2D eigenvalue weighted by molar-refractivity contribution is 0.334. The molecule has 0 bridgehead atoms. The zero-order valence-corrected chi connectivity index (χ0v) is 9.39. The maximum Gasteiger partial charge on any atom is 0.0589 e. The minimum absolute atomic E-state index is 0.251. The quantitative estimate of drug-likeness (QED) is 0.666. The summed E-state index contributed by atoms with van der Waals surface area (Å²) < 4.78 is 0. The van der Waals surface area contributed by atoms with Crippen molar-refractivity contribution < 1.29 is 0 Å². The number of halogens is 1. The molecule has 0 unspecified atom stereocenters. The molecule has 0 aliphatic heterocycles. The van der Waals surface area contributed by atoms with E-state index < -0.39 is 0 Å². The van der Waals surface area contributed by atoms with E-state index in [-0.39, 0.29) is 5.41 Å². The molecule has 0 fully saturated rings. The predicted molar refractivity (Wildman–Crippen MR) is 57.1 cm³/mol. The van der Waals surface area contributed by atoms with Gasteiger partial charge in [0.25, 0.3) is 0 Å². The van der Waals surface area contributed by atoms with Gasteiger partial charge >= 0.3 is 0 Å². The number of nitrogens with zero attached hydrogens (tertiary/aromatic N) is 1. The third-order valence-electron chi connectivity index (χ3n) is 2.49. The first-order valence-electron chi connectivity index (χ1n) is 4.52. The normalized spacial score (nSPS) is 14.2. The third-order valence-corrected chi connectivity index (χ3v) is 2.72. The highest BCUT2D eigenvalue weighted by molar-refractivity contribution is 6.30. The van der Waals surface area contributed by atoms with Gasteiger partial charge in [-0.15, -0.1) is 0 Å². The van der Waals surface area contributed by atoms with Crippen LogP contribution in [0.2, 0.25) is 5.02 Å². The van der Waals surface area contributed by atoms with Gasteiger partial charge in [-0.05, 0) is 17.5 Å². The van der Waals surface area contributed by atoms with E-state index in [4.69, 9.17) is 11.6 Å². The van der Waals surface area contributed by atoms with E-state index in [1.54, 1.807) is 6.20 Å². The van der Waals surface area contributed by atoms with E-state index in [2.05, 4.69) is 32.7 Å². The summed E-state index contributed by atoms with van der Waals surface area (Å²) in [5.41, 5.74) is 1.36. The Morgan fingerprint density at radius 3 is 2.31 bits per heavy atom. The fourth-order valence-corrected chi connectivity index (χ4v) is 1.20. The summed E-state index contributed by atoms with van der Waals surface area (Å²) >= 11 is 5.77. The molecule has 0 N–H and O–H groups in total. The molecule has 0 spiro atoms. The smallest absolute Gasteiger partial charge is 0.0589 e. The van der Waals surface area contributed by atoms with Gasteiger partial charge in [0.05, 0.1) is 5.02 Å². The van der Waals surface area contributed by atoms with Crippen molar-refractivity contribution in [3.63, 3.8) is 0 Å². The van der Waals surface area contributed by atoms with Gasteiger partial charge in [-0.1, -0.05) is 39.3 Å². The molecule has 1 heterocycles. The van der Waals surface area contributed by atoms with Crippen LogP contribution in [0.5, 0.6) is 0 Å². The number of hydrogen-bond acceptors (Lipinski definition) is 1. The minimum Gasteiger partial charge on any atom is -0.259 e. The van der Waals surface area contributed by atoms with Gasteiger partial charge in [-0.25, -0.2) is 0 Å². The van der Waals surface area contributed by atoms with Crippen LogP contribution in [0.25, 0.3) is 0 Å². The Bertz CT molecular complexity index is 271. The summed E-state index contributed by atoms with van der Waals surface area (Å²) in [6, 6.07) is 3.89. The van der Waals surface area contributed by atoms with Crippen molar-refractivity contribution in [2.24, 2.45) is 5.41 Å². The second-order valence-corrected chi connectivity index (χ2v) is 4.93. The Balaban J connectivity index is 2.90. The van der Waals surface area contributed by atoms with Crippen LogP contribution in [0, 0.1) is 5.41 Å². The van der Waals surface area contributed by atoms with Crippen molar-refractivity contribution >= 4 is 11.6 Å². The van der Waals surface area contributed by atoms with Crippen LogP contribution < -0.4 is 0 Å². The SMILES string of the molecule is C[C@H](c1ccc(Cl)cn1)C(C)(C)C. The third kappa shape index (κ3) is 2.70. The first-order chi connectivity index (χ1) is 5.91. The highest BCUT2D eigenvalue weighted by atomic mass is 35.5. The van der Waals surface area contributed by atoms with Crippen LogP contribution in [0.3, 0.4) is 0 Å². The van der Waals surface area contributed by atoms with Gasteiger partial charge in [0.2, 0.25) is 0 Å². The Labute approximate surface area is 85.1 Å². The number of pyridine rings is 1. The van der Waals surface area contributed by atoms with Crippen LogP contribution >= 0.6 is 11.6 Å². The Morgan fingerprint density at radius 2 is 1.92 bits per heavy atom. The molecule has 2 heteroatoms. The molecular weight excluding hydrogens is 182 g/mol. The minimum atomic E-state index is 0.251. The van der Waals surface area contributed by atoms with Crippen LogP contribution in [-0.4, -0.2) is 4.98 Å². The second-order valence-electron chi connectivity index (χ2n) is 4.49. The summed E-state index contributed by atoms with van der Waals surface area (Å²) in [6.45, 7) is 8.84. The van der Waals surface area contributed by atoms with Crippen LogP contribution in [0.15, 0.2) is 18.3 Å². The molecule has 1 atom stereocenters. The monoisotopic (exact) mass is 197 g/mol. The Kier molecular flexibility index (Phi) is 2.97. The standard InChI is InChI=1S/C11H16ClN/c1-8(11(2,3)4)10-6-5-9(12)7-13-10/h5-8H,1-4H3/t8-/m1/s1. The van der Waals surface area contributed by atoms with Crippen molar-refractivity contribution in [2.45, 2.75) is 33.6 Å². The van der Waals surface area contributed by atoms with Crippen molar-refractivity contribution in [1.29, 1.82) is 0 Å². The van der Waals surface area contributed by atoms with Gasteiger partial charge in [-0.2, -0.15) is 0 Å². The highest BCUT2D eigenvalue weighted by Crippen LogP contribution is 2.33. The summed E-state index contributed by atoms with van der Waals surface area (Å²) in [4.78, 5) is 4.31. The van der Waals surface area contributed by atoms with E-state index in [9.17, 15) is 0 Å². The largest absolute Gasteiger partial charge is 0.259 e. The Morgan fingerprint density at radius 1 is 1.31 bits per heavy atom. The lowest BCUT2D eigenvalue weighted by Gasteiger charge is -2.26. The zero-order valence-electron chi connectivity index (χ0n) is 8.63. The molecule has 72 valence electrons. The van der Waals surface area contributed by atoms with E-state index in [0.717, 1.165) is 5.69 Å². The van der Waals surface area contributed by atoms with Crippen LogP contribution in [0.4, 0.5) is 0 Å². The summed E-state index contributed by atoms with van der Waals surface area (Å²) in [5, 5.41) is 0.699. The molecule has 0 aliphatic rings. The van der Waals surface area contributed by atoms with E-state index >= 15 is 0 Å². The average Bonchev–Trinajstić information content (AvgIpc) is 2.03. The molecule has 0 aromatic carbocycles. The topological polar surface area (TPSA) is 12.9 Å². The van der Waals surface area contributed by atoms with E-state index in [1.807, 2.05) is 12.1 Å². The molecular formula is C11H16ClN. The Hall–Kier alpha value is -0.560. The maximum atomic E-state index is 5.77. The second kappa shape index (κ2) is 3.67. The van der Waals surface area contributed by atoms with E-state index in [0.29, 0.717) is 10.9 Å². The number of rotatable bonds is 1. The lowest BCUT2D eigenvalue weighted by Crippen LogP contribution is -2.16. The molecule has 0 aliphatic carbocycles. The molecule has 1 aromatic rings. The first-order valence-corrected chi connectivity index (χ1v) is 4.90. The fraction of sp³-hybridized carbons (Fsp3) is 0.545. The van der Waals surface area contributed by atoms with E-state index in [1.165, 1.54) is 0 Å². The number of aromatic nitrogens is 1. The van der Waals surface area contributed by atoms with Gasteiger partial charge in [0.15, 0.2) is 0 Å². The van der Waals surface area contributed by atoms with Gasteiger partial charge in [0.1, 0.15) is 0 Å². The van der Waals surface area contributed by atoms with Crippen molar-refractivity contribution in [1.82, 2.24) is 4.98 Å². The van der Waals surface area contributed by atoms with Crippen molar-refractivity contribution in [2.75, 3.05) is 0 Å². The summed E-state index contributed by atoms with van der Waals surface area (Å²) in [5.74, 6) is 0.449. The zero-order chi connectivity index (χ0) is 10.1. The fourth-order valence-electron chi connectivity index (χ4n) is 1.09. The molecule has 13 heavy (non-hydrogen) atoms. The van der Waals surface area contributed by atoms with Crippen LogP contribution in [-0.2, 0) is 0 Å². The number of hydrogen-bond donors (Lipinski definition) is 0. The molecule has 1 rings (SSSR count). The van der Waals surface area contributed by atoms with Crippen molar-refractivity contribution in [3.05, 3.63) is 29.0 Å². The maximum absolute atomic E-state index is 5.77. The summed E-state index contributed by atoms with van der Waals surface area (Å²) in [6.07, 6.45) is 1.71. The lowest BCUT2D eigenvalue weighted by atomic mass is 9.80.